The fourth-order valence-corrected chi connectivity index (χ4v) is 9.78. The molecule has 5 aromatic rings. The normalized spacial score (nSPS) is 17.3. The highest BCUT2D eigenvalue weighted by Crippen LogP contribution is 2.38. The van der Waals surface area contributed by atoms with Gasteiger partial charge in [0.1, 0.15) is 27.0 Å². The summed E-state index contributed by atoms with van der Waals surface area (Å²) in [4.78, 5) is 37.2. The number of Topliss-reactive ketones (excluding diaryl/α,β-unsaturated/α-hetero) is 2. The number of carbonyl (C=O) groups is 3. The molecule has 0 aromatic heterocycles. The number of rotatable bonds is 14. The fraction of sp³-hybridized carbons (Fsp3) is 0.0909. The van der Waals surface area contributed by atoms with Crippen molar-refractivity contribution < 1.29 is 75.7 Å². The standard InChI is InChI=1S/C44H34N8O17S4/c1-22-39(44(55)52(51-22)27-7-5-4-6-8-27)48-47-33-21-29(71(59,60)61)16-26-20-36(72(62,63)64)41(43(54)38(26)33)50-46-32-14-10-24(18-35(32)69-3)23-9-13-31(34(17-23)68-2)45-49-40-30-12-11-28(70(56,57)58)15-25(30)19-37(42(40)53)73(65,66)67/h4-21,39,45-46H,1-3H3,(H,56,57,58)(H,59,60,61)(H,62,63,64)(H,65,66,67)/b48-47?,49-40+,50-41+. The van der Waals surface area contributed by atoms with Gasteiger partial charge in [-0.1, -0.05) is 36.4 Å². The van der Waals surface area contributed by atoms with Gasteiger partial charge in [-0.25, -0.2) is 0 Å². The van der Waals surface area contributed by atoms with Gasteiger partial charge in [0.05, 0.1) is 58.0 Å². The van der Waals surface area contributed by atoms with Crippen molar-refractivity contribution in [2.24, 2.45) is 25.5 Å². The lowest BCUT2D eigenvalue weighted by molar-refractivity contribution is -0.118. The minimum atomic E-state index is -5.30. The van der Waals surface area contributed by atoms with E-state index in [1.165, 1.54) is 51.5 Å². The average molecular weight is 1080 g/mol. The van der Waals surface area contributed by atoms with Crippen molar-refractivity contribution in [1.29, 1.82) is 0 Å². The second-order valence-corrected chi connectivity index (χ2v) is 21.2. The number of methoxy groups -OCH3 is 2. The van der Waals surface area contributed by atoms with E-state index in [1.54, 1.807) is 36.4 Å². The summed E-state index contributed by atoms with van der Waals surface area (Å²) >= 11 is 0. The third-order valence-corrected chi connectivity index (χ3v) is 14.3. The molecule has 73 heavy (non-hydrogen) atoms. The van der Waals surface area contributed by atoms with Gasteiger partial charge in [-0.05, 0) is 102 Å². The number of benzene rings is 5. The Morgan fingerprint density at radius 2 is 1.15 bits per heavy atom. The van der Waals surface area contributed by atoms with Gasteiger partial charge in [-0.3, -0.25) is 43.4 Å². The summed E-state index contributed by atoms with van der Waals surface area (Å²) in [6.07, 6.45) is 1.46. The number of ether oxygens (including phenoxy) is 2. The number of hydrogen-bond acceptors (Lipinski definition) is 20. The number of ketones is 2. The molecule has 1 aliphatic heterocycles. The Labute approximate surface area is 414 Å². The van der Waals surface area contributed by atoms with E-state index >= 15 is 0 Å². The topological polar surface area (TPSA) is 376 Å². The van der Waals surface area contributed by atoms with Crippen molar-refractivity contribution in [3.05, 3.63) is 129 Å². The number of azo groups is 1. The van der Waals surface area contributed by atoms with Crippen LogP contribution in [-0.4, -0.2) is 107 Å². The second kappa shape index (κ2) is 19.1. The summed E-state index contributed by atoms with van der Waals surface area (Å²) in [7, 11) is -17.7. The smallest absolute Gasteiger partial charge is 0.298 e. The van der Waals surface area contributed by atoms with Crippen LogP contribution in [0.3, 0.4) is 0 Å². The van der Waals surface area contributed by atoms with Crippen molar-refractivity contribution >= 4 is 110 Å². The predicted molar refractivity (Wildman–Crippen MR) is 262 cm³/mol. The molecule has 0 radical (unpaired) electrons. The molecule has 1 atom stereocenters. The van der Waals surface area contributed by atoms with Gasteiger partial charge in [0.2, 0.25) is 11.6 Å². The van der Waals surface area contributed by atoms with Crippen LogP contribution in [0.5, 0.6) is 11.5 Å². The Kier molecular flexibility index (Phi) is 13.4. The molecule has 2 aliphatic carbocycles. The maximum atomic E-state index is 14.3. The first-order valence-electron chi connectivity index (χ1n) is 20.4. The molecule has 0 saturated heterocycles. The molecule has 376 valence electrons. The summed E-state index contributed by atoms with van der Waals surface area (Å²) in [5.41, 5.74) is 3.66. The van der Waals surface area contributed by atoms with Crippen LogP contribution in [-0.2, 0) is 50.1 Å². The van der Waals surface area contributed by atoms with Crippen LogP contribution in [0.1, 0.15) is 34.0 Å². The van der Waals surface area contributed by atoms with Crippen LogP contribution in [0.2, 0.25) is 0 Å². The maximum absolute atomic E-state index is 14.3. The molecule has 0 bridgehead atoms. The number of anilines is 3. The first-order chi connectivity index (χ1) is 34.3. The van der Waals surface area contributed by atoms with Gasteiger partial charge in [0, 0.05) is 5.56 Å². The molecule has 0 saturated carbocycles. The van der Waals surface area contributed by atoms with Crippen molar-refractivity contribution in [3.8, 4) is 22.6 Å². The van der Waals surface area contributed by atoms with E-state index in [1.807, 2.05) is 0 Å². The number of hydrazone groups is 3. The monoisotopic (exact) mass is 1070 g/mol. The van der Waals surface area contributed by atoms with Gasteiger partial charge in [0.25, 0.3) is 46.4 Å². The number of carbonyl (C=O) groups excluding carboxylic acids is 3. The van der Waals surface area contributed by atoms with Gasteiger partial charge in [0.15, 0.2) is 11.8 Å². The molecular formula is C44H34N8O17S4. The van der Waals surface area contributed by atoms with Crippen molar-refractivity contribution in [3.63, 3.8) is 0 Å². The van der Waals surface area contributed by atoms with Crippen LogP contribution >= 0.6 is 0 Å². The molecule has 1 heterocycles. The number of para-hydroxylation sites is 1. The number of allylic oxidation sites excluding steroid dienone is 2. The first kappa shape index (κ1) is 51.2. The number of fused-ring (bicyclic) bond motifs is 2. The zero-order chi connectivity index (χ0) is 52.9. The predicted octanol–water partition coefficient (Wildman–Crippen LogP) is 5.26. The largest absolute Gasteiger partial charge is 0.494 e. The minimum Gasteiger partial charge on any atom is -0.494 e. The Hall–Kier alpha value is -8.16. The molecular weight excluding hydrogens is 1040 g/mol. The quantitative estimate of drug-likeness (QED) is 0.0469. The summed E-state index contributed by atoms with van der Waals surface area (Å²) in [5.74, 6) is -2.95. The number of hydrogen-bond donors (Lipinski definition) is 6. The lowest BCUT2D eigenvalue weighted by atomic mass is 9.93. The highest BCUT2D eigenvalue weighted by Gasteiger charge is 2.38. The van der Waals surface area contributed by atoms with E-state index in [9.17, 15) is 66.3 Å². The van der Waals surface area contributed by atoms with E-state index in [0.29, 0.717) is 16.8 Å². The van der Waals surface area contributed by atoms with E-state index in [2.05, 4.69) is 36.4 Å². The van der Waals surface area contributed by atoms with Gasteiger partial charge in [-0.15, -0.1) is 0 Å². The van der Waals surface area contributed by atoms with Gasteiger partial charge < -0.3 is 9.47 Å². The zero-order valence-corrected chi connectivity index (χ0v) is 40.6. The highest BCUT2D eigenvalue weighted by molar-refractivity contribution is 7.91. The summed E-state index contributed by atoms with van der Waals surface area (Å²) < 4.78 is 149. The van der Waals surface area contributed by atoms with E-state index in [0.717, 1.165) is 47.5 Å². The molecule has 1 unspecified atom stereocenters. The SMILES string of the molecule is COc1cc(-c2ccc(N/N=C3/C(=O)C(S(=O)(=O)O)=Cc4cc(S(=O)(=O)O)ccc43)c(OC)c2)ccc1N/N=C1/C(=O)c2c(cc(S(=O)(=O)O)cc2N=NC2C(=O)N(c3ccccc3)N=C2C)C=C1S(=O)(=O)O. The molecule has 0 spiro atoms. The van der Waals surface area contributed by atoms with Crippen molar-refractivity contribution in [2.45, 2.75) is 22.8 Å². The van der Waals surface area contributed by atoms with Crippen LogP contribution < -0.4 is 25.3 Å². The van der Waals surface area contributed by atoms with Crippen LogP contribution in [0.25, 0.3) is 23.3 Å². The summed E-state index contributed by atoms with van der Waals surface area (Å²) in [6.45, 7) is 1.48. The third-order valence-electron chi connectivity index (χ3n) is 10.9. The van der Waals surface area contributed by atoms with E-state index in [4.69, 9.17) is 9.47 Å². The van der Waals surface area contributed by atoms with E-state index < -0.39 is 112 Å². The van der Waals surface area contributed by atoms with Crippen LogP contribution in [0.15, 0.2) is 142 Å². The molecule has 5 aromatic carbocycles. The minimum absolute atomic E-state index is 0.0340. The Balaban J connectivity index is 1.09. The van der Waals surface area contributed by atoms with Crippen molar-refractivity contribution in [2.75, 3.05) is 30.1 Å². The average Bonchev–Trinajstić information content (AvgIpc) is 3.62. The molecule has 6 N–H and O–H groups in total. The Morgan fingerprint density at radius 3 is 1.70 bits per heavy atom. The first-order valence-corrected chi connectivity index (χ1v) is 26.2. The number of nitrogens with one attached hydrogen (secondary N) is 2. The van der Waals surface area contributed by atoms with Gasteiger partial charge in [-0.2, -0.15) is 64.2 Å². The summed E-state index contributed by atoms with van der Waals surface area (Å²) in [5, 5.41) is 21.4. The molecule has 1 amide bonds. The van der Waals surface area contributed by atoms with Crippen LogP contribution in [0.4, 0.5) is 22.7 Å². The molecule has 25 nitrogen and oxygen atoms in total. The Morgan fingerprint density at radius 1 is 0.603 bits per heavy atom. The van der Waals surface area contributed by atoms with E-state index in [-0.39, 0.29) is 39.7 Å². The lowest BCUT2D eigenvalue weighted by Gasteiger charge is -2.19. The van der Waals surface area contributed by atoms with Crippen molar-refractivity contribution in [1.82, 2.24) is 0 Å². The van der Waals surface area contributed by atoms with Gasteiger partial charge >= 0.3 is 0 Å². The highest BCUT2D eigenvalue weighted by atomic mass is 32.2. The summed E-state index contributed by atoms with van der Waals surface area (Å²) in [6, 6.07) is 20.4. The maximum Gasteiger partial charge on any atom is 0.298 e. The number of amides is 1. The molecule has 29 heteroatoms. The lowest BCUT2D eigenvalue weighted by Crippen LogP contribution is -2.29. The number of nitrogens with zero attached hydrogens (tertiary/aromatic N) is 6. The van der Waals surface area contributed by atoms with Crippen LogP contribution in [0, 0.1) is 0 Å². The fourth-order valence-electron chi connectivity index (χ4n) is 7.46. The molecule has 8 rings (SSSR count). The second-order valence-electron chi connectivity index (χ2n) is 15.6. The molecule has 3 aliphatic rings. The Bertz CT molecular complexity index is 3910. The molecule has 0 fully saturated rings. The third kappa shape index (κ3) is 10.3. The zero-order valence-electron chi connectivity index (χ0n) is 37.4.